The van der Waals surface area contributed by atoms with Crippen LogP contribution < -0.4 is 19.7 Å². The highest BCUT2D eigenvalue weighted by Gasteiger charge is 2.23. The molecule has 1 N–H and O–H groups in total. The zero-order valence-corrected chi connectivity index (χ0v) is 31.7. The average molecular weight is 718 g/mol. The molecule has 0 aromatic heterocycles. The van der Waals surface area contributed by atoms with Crippen LogP contribution in [0.3, 0.4) is 0 Å². The number of fused-ring (bicyclic) bond motifs is 1. The van der Waals surface area contributed by atoms with Crippen molar-refractivity contribution in [2.24, 2.45) is 0 Å². The number of carbonyl (C=O) groups is 1. The van der Waals surface area contributed by atoms with Gasteiger partial charge in [-0.2, -0.15) is 0 Å². The molecule has 3 aliphatic rings. The van der Waals surface area contributed by atoms with Gasteiger partial charge in [-0.3, -0.25) is 9.69 Å². The predicted octanol–water partition coefficient (Wildman–Crippen LogP) is 8.99. The number of carbonyl (C=O) groups excluding carboxylic acids is 1. The Labute approximate surface area is 315 Å². The van der Waals surface area contributed by atoms with Gasteiger partial charge in [0, 0.05) is 80.2 Å². The molecule has 53 heavy (non-hydrogen) atoms. The van der Waals surface area contributed by atoms with Gasteiger partial charge < -0.3 is 29.2 Å². The summed E-state index contributed by atoms with van der Waals surface area (Å²) >= 11 is 0. The van der Waals surface area contributed by atoms with Gasteiger partial charge in [0.1, 0.15) is 11.5 Å². The largest absolute Gasteiger partial charge is 0.494 e. The summed E-state index contributed by atoms with van der Waals surface area (Å²) in [6.07, 6.45) is 7.36. The maximum Gasteiger partial charge on any atom is 0.251 e. The second-order valence-electron chi connectivity index (χ2n) is 13.8. The lowest BCUT2D eigenvalue weighted by Crippen LogP contribution is -2.36. The summed E-state index contributed by atoms with van der Waals surface area (Å²) in [5.41, 5.74) is 8.05. The smallest absolute Gasteiger partial charge is 0.251 e. The number of hydrogen-bond acceptors (Lipinski definition) is 7. The third kappa shape index (κ3) is 10.5. The number of nitrogens with zero attached hydrogens (tertiary/aromatic N) is 2. The third-order valence-electron chi connectivity index (χ3n) is 10.1. The van der Waals surface area contributed by atoms with Gasteiger partial charge in [0.15, 0.2) is 0 Å². The molecule has 1 amide bonds. The molecule has 0 unspecified atom stereocenters. The predicted molar refractivity (Wildman–Crippen MR) is 215 cm³/mol. The molecule has 0 atom stereocenters. The van der Waals surface area contributed by atoms with Gasteiger partial charge in [0.05, 0.1) is 13.2 Å². The maximum atomic E-state index is 13.8. The highest BCUT2D eigenvalue weighted by Crippen LogP contribution is 2.37. The number of hydrogen-bond donors (Lipinski definition) is 1. The fourth-order valence-electron chi connectivity index (χ4n) is 7.19. The van der Waals surface area contributed by atoms with E-state index in [-0.39, 0.29) is 5.91 Å². The fourth-order valence-corrected chi connectivity index (χ4v) is 7.19. The Balaban J connectivity index is 0.000000887. The molecule has 2 saturated heterocycles. The first kappa shape index (κ1) is 38.1. The Morgan fingerprint density at radius 1 is 0.830 bits per heavy atom. The van der Waals surface area contributed by atoms with Gasteiger partial charge in [-0.1, -0.05) is 54.6 Å². The van der Waals surface area contributed by atoms with Crippen molar-refractivity contribution in [2.45, 2.75) is 65.1 Å². The van der Waals surface area contributed by atoms with E-state index in [0.717, 1.165) is 96.5 Å². The molecule has 0 radical (unpaired) electrons. The first-order valence-corrected chi connectivity index (χ1v) is 19.3. The standard InChI is InChI=1S/C41H47N3O4.C4H8O/c1-4-47-39-12-8-6-10-33(39)29-44-23-20-32(27-34-26-31(16-19-38(34)44)37-11-7-9-13-40(37)48-5-2)41(45)42-35-17-14-30(15-18-35)28-43(3)36-21-24-46-25-22-36;1-2-4-5-3-1/h6-19,26-27,36H,4-5,20-25,28-29H2,1-3H3,(H,42,45);1-4H2. The number of rotatable bonds is 12. The van der Waals surface area contributed by atoms with Crippen LogP contribution in [0.1, 0.15) is 62.6 Å². The second kappa shape index (κ2) is 19.4. The molecular weight excluding hydrogens is 663 g/mol. The fraction of sp³-hybridized carbons (Fsp3) is 0.400. The van der Waals surface area contributed by atoms with Crippen molar-refractivity contribution in [3.63, 3.8) is 0 Å². The van der Waals surface area contributed by atoms with Crippen molar-refractivity contribution < 1.29 is 23.7 Å². The van der Waals surface area contributed by atoms with Crippen molar-refractivity contribution >= 4 is 23.4 Å². The number of anilines is 2. The molecule has 7 rings (SSSR count). The van der Waals surface area contributed by atoms with E-state index >= 15 is 0 Å². The Hall–Kier alpha value is -4.63. The van der Waals surface area contributed by atoms with Crippen molar-refractivity contribution in [1.29, 1.82) is 0 Å². The van der Waals surface area contributed by atoms with Crippen LogP contribution in [0, 0.1) is 0 Å². The zero-order valence-electron chi connectivity index (χ0n) is 31.7. The molecule has 3 aliphatic heterocycles. The summed E-state index contributed by atoms with van der Waals surface area (Å²) in [7, 11) is 2.18. The minimum absolute atomic E-state index is 0.0790. The lowest BCUT2D eigenvalue weighted by Gasteiger charge is -2.31. The Morgan fingerprint density at radius 3 is 2.23 bits per heavy atom. The van der Waals surface area contributed by atoms with Gasteiger partial charge in [-0.05, 0) is 112 Å². The van der Waals surface area contributed by atoms with E-state index in [1.54, 1.807) is 0 Å². The highest BCUT2D eigenvalue weighted by atomic mass is 16.5. The van der Waals surface area contributed by atoms with Crippen molar-refractivity contribution in [1.82, 2.24) is 4.90 Å². The average Bonchev–Trinajstić information content (AvgIpc) is 3.73. The van der Waals surface area contributed by atoms with Gasteiger partial charge >= 0.3 is 0 Å². The van der Waals surface area contributed by atoms with E-state index in [4.69, 9.17) is 18.9 Å². The summed E-state index contributed by atoms with van der Waals surface area (Å²) in [5.74, 6) is 1.66. The van der Waals surface area contributed by atoms with Crippen LogP contribution in [0.25, 0.3) is 17.2 Å². The number of benzene rings is 4. The maximum absolute atomic E-state index is 13.8. The van der Waals surface area contributed by atoms with E-state index in [9.17, 15) is 4.79 Å². The van der Waals surface area contributed by atoms with E-state index in [1.807, 2.05) is 56.3 Å². The molecule has 280 valence electrons. The molecule has 0 saturated carbocycles. The molecule has 4 aromatic rings. The summed E-state index contributed by atoms with van der Waals surface area (Å²) in [5, 5.41) is 3.18. The molecule has 0 aliphatic carbocycles. The van der Waals surface area contributed by atoms with E-state index < -0.39 is 0 Å². The Kier molecular flexibility index (Phi) is 14.0. The van der Waals surface area contributed by atoms with Gasteiger partial charge in [0.25, 0.3) is 5.91 Å². The summed E-state index contributed by atoms with van der Waals surface area (Å²) in [6.45, 7) is 11.1. The monoisotopic (exact) mass is 717 g/mol. The number of nitrogens with one attached hydrogen (secondary N) is 1. The summed E-state index contributed by atoms with van der Waals surface area (Å²) in [4.78, 5) is 18.6. The van der Waals surface area contributed by atoms with Crippen LogP contribution in [0.15, 0.2) is 96.6 Å². The molecule has 8 nitrogen and oxygen atoms in total. The van der Waals surface area contributed by atoms with Crippen LogP contribution in [0.2, 0.25) is 0 Å². The van der Waals surface area contributed by atoms with Crippen LogP contribution in [-0.2, 0) is 27.4 Å². The zero-order chi connectivity index (χ0) is 36.8. The van der Waals surface area contributed by atoms with E-state index in [1.165, 1.54) is 18.4 Å². The second-order valence-corrected chi connectivity index (χ2v) is 13.8. The Morgan fingerprint density at radius 2 is 1.51 bits per heavy atom. The molecule has 0 spiro atoms. The van der Waals surface area contributed by atoms with Crippen LogP contribution in [-0.4, -0.2) is 70.1 Å². The number of para-hydroxylation sites is 2. The molecule has 8 heteroatoms. The minimum Gasteiger partial charge on any atom is -0.494 e. The molecule has 2 fully saturated rings. The first-order chi connectivity index (χ1) is 26.0. The molecule has 3 heterocycles. The van der Waals surface area contributed by atoms with Crippen molar-refractivity contribution in [3.05, 3.63) is 113 Å². The number of amides is 1. The van der Waals surface area contributed by atoms with Crippen LogP contribution in [0.4, 0.5) is 11.4 Å². The quantitative estimate of drug-likeness (QED) is 0.157. The molecular formula is C45H55N3O5. The van der Waals surface area contributed by atoms with Gasteiger partial charge in [-0.15, -0.1) is 0 Å². The van der Waals surface area contributed by atoms with Crippen LogP contribution >= 0.6 is 0 Å². The van der Waals surface area contributed by atoms with Gasteiger partial charge in [-0.25, -0.2) is 0 Å². The lowest BCUT2D eigenvalue weighted by atomic mass is 9.99. The summed E-state index contributed by atoms with van der Waals surface area (Å²) in [6, 6.07) is 31.6. The topological polar surface area (TPSA) is 72.5 Å². The van der Waals surface area contributed by atoms with E-state index in [0.29, 0.717) is 38.8 Å². The number of ether oxygens (including phenoxy) is 4. The lowest BCUT2D eigenvalue weighted by molar-refractivity contribution is -0.112. The highest BCUT2D eigenvalue weighted by molar-refractivity contribution is 6.07. The minimum atomic E-state index is -0.0790. The normalized spacial score (nSPS) is 15.8. The molecule has 4 aromatic carbocycles. The van der Waals surface area contributed by atoms with Crippen molar-refractivity contribution in [2.75, 3.05) is 63.5 Å². The van der Waals surface area contributed by atoms with Crippen molar-refractivity contribution in [3.8, 4) is 22.6 Å². The summed E-state index contributed by atoms with van der Waals surface area (Å²) < 4.78 is 22.4. The van der Waals surface area contributed by atoms with E-state index in [2.05, 4.69) is 76.8 Å². The van der Waals surface area contributed by atoms with Crippen LogP contribution in [0.5, 0.6) is 11.5 Å². The first-order valence-electron chi connectivity index (χ1n) is 19.3. The SMILES string of the molecule is C1CCOC1.CCOc1ccccc1CN1CCC(C(=O)Nc2ccc(CN(C)C3CCOCC3)cc2)=Cc2cc(-c3ccccc3OCC)ccc21. The third-order valence-corrected chi connectivity index (χ3v) is 10.1. The molecule has 0 bridgehead atoms. The Bertz CT molecular complexity index is 1790. The van der Waals surface area contributed by atoms with Gasteiger partial charge in [0.2, 0.25) is 0 Å².